The van der Waals surface area contributed by atoms with Gasteiger partial charge in [0.1, 0.15) is 0 Å². The molecule has 1 aliphatic rings. The molecule has 6 heteroatoms. The smallest absolute Gasteiger partial charge is 0.338 e. The second-order valence-corrected chi connectivity index (χ2v) is 5.68. The first-order valence-electron chi connectivity index (χ1n) is 5.62. The Morgan fingerprint density at radius 3 is 3.11 bits per heavy atom. The van der Waals surface area contributed by atoms with Gasteiger partial charge in [0.2, 0.25) is 0 Å². The Bertz CT molecular complexity index is 463. The summed E-state index contributed by atoms with van der Waals surface area (Å²) in [5.74, 6) is 1.29. The van der Waals surface area contributed by atoms with Crippen LogP contribution in [0.3, 0.4) is 0 Å². The van der Waals surface area contributed by atoms with Gasteiger partial charge in [-0.25, -0.2) is 4.79 Å². The molecule has 4 nitrogen and oxygen atoms in total. The number of hydrogen-bond acceptors (Lipinski definition) is 6. The maximum Gasteiger partial charge on any atom is 0.338 e. The van der Waals surface area contributed by atoms with Gasteiger partial charge in [0.05, 0.1) is 18.0 Å². The summed E-state index contributed by atoms with van der Waals surface area (Å²) in [5, 5.41) is 4.14. The molecular formula is C12H14N2O2S2. The lowest BCUT2D eigenvalue weighted by Gasteiger charge is -2.07. The summed E-state index contributed by atoms with van der Waals surface area (Å²) >= 11 is 3.30. The highest BCUT2D eigenvalue weighted by Crippen LogP contribution is 2.25. The molecular weight excluding hydrogens is 268 g/mol. The zero-order valence-electron chi connectivity index (χ0n) is 10.0. The van der Waals surface area contributed by atoms with E-state index < -0.39 is 0 Å². The van der Waals surface area contributed by atoms with E-state index in [-0.39, 0.29) is 5.97 Å². The number of nitrogens with one attached hydrogen (secondary N) is 1. The zero-order valence-corrected chi connectivity index (χ0v) is 11.6. The number of carbonyl (C=O) groups excluding carboxylic acids is 1. The molecule has 1 heterocycles. The van der Waals surface area contributed by atoms with Gasteiger partial charge in [-0.1, -0.05) is 41.7 Å². The van der Waals surface area contributed by atoms with E-state index in [9.17, 15) is 4.79 Å². The van der Waals surface area contributed by atoms with Crippen LogP contribution >= 0.6 is 23.5 Å². The average molecular weight is 282 g/mol. The van der Waals surface area contributed by atoms with Crippen molar-refractivity contribution in [2.45, 2.75) is 12.7 Å². The van der Waals surface area contributed by atoms with Crippen molar-refractivity contribution in [3.8, 4) is 0 Å². The third-order valence-corrected chi connectivity index (χ3v) is 4.41. The Morgan fingerprint density at radius 2 is 2.39 bits per heavy atom. The quantitative estimate of drug-likeness (QED) is 0.860. The van der Waals surface area contributed by atoms with Crippen molar-refractivity contribution in [3.63, 3.8) is 0 Å². The van der Waals surface area contributed by atoms with Crippen molar-refractivity contribution in [1.29, 1.82) is 0 Å². The van der Waals surface area contributed by atoms with E-state index in [1.807, 2.05) is 25.1 Å². The van der Waals surface area contributed by atoms with Crippen LogP contribution in [-0.4, -0.2) is 22.8 Å². The molecule has 0 amide bonds. The molecule has 0 fully saturated rings. The predicted octanol–water partition coefficient (Wildman–Crippen LogP) is 2.66. The molecule has 0 radical (unpaired) electrons. The number of benzene rings is 1. The van der Waals surface area contributed by atoms with Crippen molar-refractivity contribution < 1.29 is 9.53 Å². The molecule has 0 spiro atoms. The van der Waals surface area contributed by atoms with Crippen LogP contribution in [0, 0.1) is 0 Å². The number of esters is 1. The number of ether oxygens (including phenoxy) is 1. The first-order valence-corrected chi connectivity index (χ1v) is 7.59. The fraction of sp³-hybridized carbons (Fsp3) is 0.333. The third kappa shape index (κ3) is 3.43. The van der Waals surface area contributed by atoms with Crippen LogP contribution in [0.2, 0.25) is 0 Å². The maximum absolute atomic E-state index is 11.8. The van der Waals surface area contributed by atoms with Gasteiger partial charge in [-0.15, -0.1) is 0 Å². The summed E-state index contributed by atoms with van der Waals surface area (Å²) in [5.41, 5.74) is 4.53. The Kier molecular flexibility index (Phi) is 4.95. The van der Waals surface area contributed by atoms with Crippen molar-refractivity contribution in [2.24, 2.45) is 5.10 Å². The normalized spacial score (nSPS) is 13.9. The van der Waals surface area contributed by atoms with Crippen molar-refractivity contribution in [3.05, 3.63) is 35.4 Å². The van der Waals surface area contributed by atoms with E-state index in [1.54, 1.807) is 29.6 Å². The number of rotatable bonds is 4. The van der Waals surface area contributed by atoms with Crippen LogP contribution in [0.4, 0.5) is 0 Å². The number of carbonyl (C=O) groups is 1. The van der Waals surface area contributed by atoms with Gasteiger partial charge in [-0.2, -0.15) is 5.10 Å². The fourth-order valence-electron chi connectivity index (χ4n) is 1.49. The second kappa shape index (κ2) is 6.70. The minimum atomic E-state index is -0.257. The molecule has 96 valence electrons. The number of nitrogens with zero attached hydrogens (tertiary/aromatic N) is 1. The summed E-state index contributed by atoms with van der Waals surface area (Å²) in [7, 11) is 0. The lowest BCUT2D eigenvalue weighted by molar-refractivity contribution is 0.0525. The molecule has 0 saturated heterocycles. The van der Waals surface area contributed by atoms with Crippen LogP contribution in [0.1, 0.15) is 22.8 Å². The van der Waals surface area contributed by atoms with Gasteiger partial charge in [0.25, 0.3) is 0 Å². The van der Waals surface area contributed by atoms with E-state index >= 15 is 0 Å². The van der Waals surface area contributed by atoms with Crippen LogP contribution in [0.15, 0.2) is 29.4 Å². The van der Waals surface area contributed by atoms with Gasteiger partial charge in [-0.05, 0) is 18.6 Å². The summed E-state index contributed by atoms with van der Waals surface area (Å²) in [6.07, 6.45) is 0. The fourth-order valence-corrected chi connectivity index (χ4v) is 3.22. The van der Waals surface area contributed by atoms with Crippen LogP contribution < -0.4 is 5.43 Å². The molecule has 0 aromatic heterocycles. The molecule has 1 aromatic rings. The average Bonchev–Trinajstić information content (AvgIpc) is 2.90. The maximum atomic E-state index is 11.8. The van der Waals surface area contributed by atoms with E-state index in [4.69, 9.17) is 4.74 Å². The molecule has 2 rings (SSSR count). The Balaban J connectivity index is 2.04. The summed E-state index contributed by atoms with van der Waals surface area (Å²) in [6, 6.07) is 7.53. The lowest BCUT2D eigenvalue weighted by atomic mass is 10.1. The van der Waals surface area contributed by atoms with Gasteiger partial charge < -0.3 is 4.74 Å². The Morgan fingerprint density at radius 1 is 1.56 bits per heavy atom. The highest BCUT2D eigenvalue weighted by Gasteiger charge is 2.14. The van der Waals surface area contributed by atoms with E-state index in [0.717, 1.165) is 21.6 Å². The van der Waals surface area contributed by atoms with E-state index in [2.05, 4.69) is 10.5 Å². The van der Waals surface area contributed by atoms with Gasteiger partial charge in [0.15, 0.2) is 4.38 Å². The van der Waals surface area contributed by atoms with Gasteiger partial charge >= 0.3 is 5.97 Å². The molecule has 0 aliphatic carbocycles. The first-order chi connectivity index (χ1) is 8.81. The molecule has 0 bridgehead atoms. The van der Waals surface area contributed by atoms with Crippen molar-refractivity contribution >= 4 is 33.9 Å². The van der Waals surface area contributed by atoms with Gasteiger partial charge in [-0.3, -0.25) is 5.43 Å². The van der Waals surface area contributed by atoms with Crippen LogP contribution in [-0.2, 0) is 10.5 Å². The summed E-state index contributed by atoms with van der Waals surface area (Å²) in [6.45, 7) is 2.21. The first kappa shape index (κ1) is 13.3. The minimum absolute atomic E-state index is 0.257. The Labute approximate surface area is 115 Å². The third-order valence-electron chi connectivity index (χ3n) is 2.29. The van der Waals surface area contributed by atoms with E-state index in [0.29, 0.717) is 12.2 Å². The monoisotopic (exact) mass is 282 g/mol. The number of thioether (sulfide) groups is 2. The molecule has 1 aromatic carbocycles. The largest absolute Gasteiger partial charge is 0.462 e. The second-order valence-electron chi connectivity index (χ2n) is 3.49. The highest BCUT2D eigenvalue weighted by atomic mass is 32.2. The van der Waals surface area contributed by atoms with Crippen LogP contribution in [0.25, 0.3) is 0 Å². The van der Waals surface area contributed by atoms with Gasteiger partial charge in [0, 0.05) is 5.75 Å². The van der Waals surface area contributed by atoms with Crippen molar-refractivity contribution in [1.82, 2.24) is 5.43 Å². The summed E-state index contributed by atoms with van der Waals surface area (Å²) in [4.78, 5) is 11.8. The SMILES string of the molecule is CCOC(=O)c1ccccc1CSC1=NNCS1. The molecule has 1 N–H and O–H groups in total. The zero-order chi connectivity index (χ0) is 12.8. The topological polar surface area (TPSA) is 50.7 Å². The predicted molar refractivity (Wildman–Crippen MR) is 76.7 cm³/mol. The molecule has 1 aliphatic heterocycles. The van der Waals surface area contributed by atoms with Crippen molar-refractivity contribution in [2.75, 3.05) is 12.5 Å². The lowest BCUT2D eigenvalue weighted by Crippen LogP contribution is -2.07. The highest BCUT2D eigenvalue weighted by molar-refractivity contribution is 8.38. The number of hydrogen-bond donors (Lipinski definition) is 1. The Hall–Kier alpha value is -1.14. The molecule has 0 atom stereocenters. The van der Waals surface area contributed by atoms with E-state index in [1.165, 1.54) is 0 Å². The molecule has 0 unspecified atom stereocenters. The standard InChI is InChI=1S/C12H14N2O2S2/c1-2-16-11(15)10-6-4-3-5-9(10)7-17-12-14-13-8-18-12/h3-6,13H,2,7-8H2,1H3. The number of hydrazone groups is 1. The molecule has 18 heavy (non-hydrogen) atoms. The minimum Gasteiger partial charge on any atom is -0.462 e. The van der Waals surface area contributed by atoms with Crippen LogP contribution in [0.5, 0.6) is 0 Å². The molecule has 0 saturated carbocycles. The summed E-state index contributed by atoms with van der Waals surface area (Å²) < 4.78 is 6.05.